The van der Waals surface area contributed by atoms with Crippen LogP contribution in [0.3, 0.4) is 0 Å². The van der Waals surface area contributed by atoms with Gasteiger partial charge in [0.25, 0.3) is 5.91 Å². The minimum atomic E-state index is -0.505. The van der Waals surface area contributed by atoms with Crippen molar-refractivity contribution in [1.29, 1.82) is 0 Å². The molecule has 2 fully saturated rings. The van der Waals surface area contributed by atoms with Crippen LogP contribution in [-0.4, -0.2) is 41.8 Å². The fraction of sp³-hybridized carbons (Fsp3) is 0.680. The smallest absolute Gasteiger partial charge is 0.253 e. The molecule has 1 saturated carbocycles. The molecule has 31 heavy (non-hydrogen) atoms. The van der Waals surface area contributed by atoms with E-state index in [1.54, 1.807) is 0 Å². The minimum absolute atomic E-state index is 0.145. The molecule has 0 unspecified atom stereocenters. The van der Waals surface area contributed by atoms with Crippen LogP contribution in [-0.2, 0) is 11.2 Å². The van der Waals surface area contributed by atoms with E-state index in [4.69, 9.17) is 22.3 Å². The van der Waals surface area contributed by atoms with Gasteiger partial charge in [-0.25, -0.2) is 0 Å². The van der Waals surface area contributed by atoms with E-state index in [0.29, 0.717) is 16.6 Å². The summed E-state index contributed by atoms with van der Waals surface area (Å²) in [5.41, 5.74) is 8.40. The molecule has 0 aromatic heterocycles. The molecule has 1 saturated heterocycles. The average molecular weight is 445 g/mol. The van der Waals surface area contributed by atoms with Gasteiger partial charge in [-0.05, 0) is 87.9 Å². The number of hydrogen-bond donors (Lipinski definition) is 2. The Morgan fingerprint density at radius 3 is 2.61 bits per heavy atom. The minimum Gasteiger partial charge on any atom is -0.398 e. The Balaban J connectivity index is 1.27. The van der Waals surface area contributed by atoms with Crippen molar-refractivity contribution in [2.24, 2.45) is 16.8 Å². The van der Waals surface area contributed by atoms with Gasteiger partial charge in [-0.1, -0.05) is 31.0 Å². The van der Waals surface area contributed by atoms with Crippen LogP contribution in [0.2, 0.25) is 5.02 Å². The van der Waals surface area contributed by atoms with Crippen LogP contribution in [0.25, 0.3) is 0 Å². The van der Waals surface area contributed by atoms with E-state index in [-0.39, 0.29) is 5.91 Å². The maximum absolute atomic E-state index is 12.9. The molecule has 1 aromatic carbocycles. The topological polar surface area (TPSA) is 70.7 Å². The van der Waals surface area contributed by atoms with Crippen molar-refractivity contribution in [2.45, 2.75) is 77.2 Å². The molecule has 0 atom stereocenters. The largest absolute Gasteiger partial charge is 0.398 e. The van der Waals surface area contributed by atoms with Gasteiger partial charge in [0.2, 0.25) is 0 Å². The number of likely N-dealkylation sites (tertiary alicyclic amines) is 1. The lowest BCUT2D eigenvalue weighted by Gasteiger charge is -2.35. The number of carbonyl (C=O) groups excluding carboxylic acids is 1. The standard InChI is InChI=1S/C25H37ClN4O/c1-3-18-6-8-20(9-7-18)23-28-24(31)25(29-23)12-15-30(16-13-25)14-4-5-19-10-11-21(27)22(26)17(19)2/h10-11,18,20H,3-9,12-16,27H2,1-2H3,(H,28,29,31)/t18-,20-. The van der Waals surface area contributed by atoms with Gasteiger partial charge in [-0.2, -0.15) is 0 Å². The van der Waals surface area contributed by atoms with E-state index in [1.165, 1.54) is 37.7 Å². The van der Waals surface area contributed by atoms with Gasteiger partial charge in [0.15, 0.2) is 0 Å². The van der Waals surface area contributed by atoms with Crippen LogP contribution in [0, 0.1) is 18.8 Å². The summed E-state index contributed by atoms with van der Waals surface area (Å²) in [7, 11) is 0. The number of nitrogens with two attached hydrogens (primary N) is 1. The first kappa shape index (κ1) is 22.6. The van der Waals surface area contributed by atoms with Gasteiger partial charge in [-0.15, -0.1) is 0 Å². The highest BCUT2D eigenvalue weighted by Crippen LogP contribution is 2.36. The predicted molar refractivity (Wildman–Crippen MR) is 129 cm³/mol. The fourth-order valence-corrected chi connectivity index (χ4v) is 5.76. The van der Waals surface area contributed by atoms with Crippen molar-refractivity contribution < 1.29 is 4.79 Å². The molecule has 4 rings (SSSR count). The molecule has 1 amide bonds. The van der Waals surface area contributed by atoms with E-state index < -0.39 is 5.54 Å². The number of hydrogen-bond acceptors (Lipinski definition) is 4. The normalized spacial score (nSPS) is 26.2. The molecule has 2 aliphatic heterocycles. The van der Waals surface area contributed by atoms with Gasteiger partial charge in [0.05, 0.1) is 10.7 Å². The molecule has 6 heteroatoms. The number of anilines is 1. The van der Waals surface area contributed by atoms with Crippen LogP contribution < -0.4 is 11.1 Å². The Morgan fingerprint density at radius 1 is 1.23 bits per heavy atom. The summed E-state index contributed by atoms with van der Waals surface area (Å²) in [6.45, 7) is 7.25. The molecule has 3 aliphatic rings. The Kier molecular flexibility index (Phi) is 6.92. The molecular formula is C25H37ClN4O. The third kappa shape index (κ3) is 4.78. The second-order valence-electron chi connectivity index (χ2n) is 9.81. The third-order valence-corrected chi connectivity index (χ3v) is 8.44. The molecule has 1 spiro atoms. The second kappa shape index (κ2) is 9.50. The number of piperidine rings is 1. The molecule has 1 aromatic rings. The number of aryl methyl sites for hydroxylation is 1. The fourth-order valence-electron chi connectivity index (χ4n) is 5.57. The summed E-state index contributed by atoms with van der Waals surface area (Å²) in [5, 5.41) is 3.86. The molecule has 5 nitrogen and oxygen atoms in total. The number of benzene rings is 1. The zero-order valence-electron chi connectivity index (χ0n) is 19.1. The summed E-state index contributed by atoms with van der Waals surface area (Å²) in [4.78, 5) is 20.4. The zero-order chi connectivity index (χ0) is 22.0. The Bertz CT molecular complexity index is 836. The number of rotatable bonds is 6. The zero-order valence-corrected chi connectivity index (χ0v) is 19.8. The third-order valence-electron chi connectivity index (χ3n) is 7.94. The van der Waals surface area contributed by atoms with E-state index in [9.17, 15) is 4.79 Å². The number of nitrogens with zero attached hydrogens (tertiary/aromatic N) is 2. The summed E-state index contributed by atoms with van der Waals surface area (Å²) >= 11 is 6.29. The van der Waals surface area contributed by atoms with Crippen LogP contribution >= 0.6 is 11.6 Å². The quantitative estimate of drug-likeness (QED) is 0.622. The average Bonchev–Trinajstić information content (AvgIpc) is 3.11. The number of nitrogen functional groups attached to an aromatic ring is 1. The summed E-state index contributed by atoms with van der Waals surface area (Å²) in [6.07, 6.45) is 9.91. The first-order valence-corrected chi connectivity index (χ1v) is 12.5. The molecule has 3 N–H and O–H groups in total. The summed E-state index contributed by atoms with van der Waals surface area (Å²) in [6, 6.07) is 3.99. The van der Waals surface area contributed by atoms with Crippen LogP contribution in [0.4, 0.5) is 5.69 Å². The van der Waals surface area contributed by atoms with E-state index >= 15 is 0 Å². The van der Waals surface area contributed by atoms with Crippen molar-refractivity contribution >= 4 is 29.0 Å². The lowest BCUT2D eigenvalue weighted by Crippen LogP contribution is -2.49. The summed E-state index contributed by atoms with van der Waals surface area (Å²) < 4.78 is 0. The lowest BCUT2D eigenvalue weighted by molar-refractivity contribution is -0.125. The molecule has 1 aliphatic carbocycles. The SMILES string of the molecule is CC[C@H]1CC[C@H](C2=NC3(CCN(CCCc4ccc(N)c(Cl)c4C)CC3)C(=O)N2)CC1. The van der Waals surface area contributed by atoms with Crippen LogP contribution in [0.5, 0.6) is 0 Å². The van der Waals surface area contributed by atoms with Crippen molar-refractivity contribution in [2.75, 3.05) is 25.4 Å². The van der Waals surface area contributed by atoms with Gasteiger partial charge in [0.1, 0.15) is 11.4 Å². The van der Waals surface area contributed by atoms with Gasteiger partial charge >= 0.3 is 0 Å². The molecular weight excluding hydrogens is 408 g/mol. The maximum atomic E-state index is 12.9. The number of amidine groups is 1. The maximum Gasteiger partial charge on any atom is 0.253 e. The van der Waals surface area contributed by atoms with Gasteiger partial charge in [0, 0.05) is 19.0 Å². The second-order valence-corrected chi connectivity index (χ2v) is 10.2. The highest BCUT2D eigenvalue weighted by Gasteiger charge is 2.46. The van der Waals surface area contributed by atoms with Crippen molar-refractivity contribution in [3.8, 4) is 0 Å². The first-order valence-electron chi connectivity index (χ1n) is 12.1. The Hall–Kier alpha value is -1.59. The number of carbonyl (C=O) groups is 1. The van der Waals surface area contributed by atoms with E-state index in [1.807, 2.05) is 13.0 Å². The highest BCUT2D eigenvalue weighted by molar-refractivity contribution is 6.33. The van der Waals surface area contributed by atoms with E-state index in [2.05, 4.69) is 23.2 Å². The molecule has 0 radical (unpaired) electrons. The predicted octanol–water partition coefficient (Wildman–Crippen LogP) is 4.74. The number of halogens is 1. The molecule has 170 valence electrons. The Morgan fingerprint density at radius 2 is 1.94 bits per heavy atom. The highest BCUT2D eigenvalue weighted by atomic mass is 35.5. The van der Waals surface area contributed by atoms with Crippen LogP contribution in [0.1, 0.15) is 69.4 Å². The van der Waals surface area contributed by atoms with Crippen molar-refractivity contribution in [3.63, 3.8) is 0 Å². The van der Waals surface area contributed by atoms with E-state index in [0.717, 1.165) is 62.6 Å². The number of aliphatic imine (C=N–C) groups is 1. The lowest BCUT2D eigenvalue weighted by atomic mass is 9.80. The van der Waals surface area contributed by atoms with Crippen molar-refractivity contribution in [1.82, 2.24) is 10.2 Å². The van der Waals surface area contributed by atoms with Crippen molar-refractivity contribution in [3.05, 3.63) is 28.3 Å². The number of amides is 1. The monoisotopic (exact) mass is 444 g/mol. The van der Waals surface area contributed by atoms with Crippen LogP contribution in [0.15, 0.2) is 17.1 Å². The molecule has 2 heterocycles. The Labute approximate surface area is 191 Å². The van der Waals surface area contributed by atoms with Gasteiger partial charge < -0.3 is 16.0 Å². The summed E-state index contributed by atoms with van der Waals surface area (Å²) in [5.74, 6) is 2.45. The van der Waals surface area contributed by atoms with Gasteiger partial charge in [-0.3, -0.25) is 9.79 Å². The molecule has 0 bridgehead atoms. The number of nitrogens with one attached hydrogen (secondary N) is 1. The first-order chi connectivity index (χ1) is 14.9.